The lowest BCUT2D eigenvalue weighted by Gasteiger charge is -2.25. The highest BCUT2D eigenvalue weighted by molar-refractivity contribution is 7.20. The van der Waals surface area contributed by atoms with Gasteiger partial charge in [0.1, 0.15) is 12.3 Å². The van der Waals surface area contributed by atoms with Crippen molar-refractivity contribution in [3.63, 3.8) is 0 Å². The van der Waals surface area contributed by atoms with Crippen LogP contribution in [0.3, 0.4) is 0 Å². The Hall–Kier alpha value is -6.55. The third-order valence-corrected chi connectivity index (χ3v) is 10.9. The summed E-state index contributed by atoms with van der Waals surface area (Å²) in [6.07, 6.45) is 2.60. The molecule has 7 rings (SSSR count). The van der Waals surface area contributed by atoms with Gasteiger partial charge in [0.25, 0.3) is 17.7 Å². The molecule has 3 aromatic carbocycles. The van der Waals surface area contributed by atoms with Crippen molar-refractivity contribution in [2.75, 3.05) is 67.9 Å². The maximum atomic E-state index is 13.8. The predicted molar refractivity (Wildman–Crippen MR) is 216 cm³/mol. The van der Waals surface area contributed by atoms with Gasteiger partial charge >= 0.3 is 6.03 Å². The third kappa shape index (κ3) is 7.82. The van der Waals surface area contributed by atoms with Crippen molar-refractivity contribution < 1.29 is 33.4 Å². The van der Waals surface area contributed by atoms with Gasteiger partial charge in [-0.05, 0) is 59.8 Å². The fourth-order valence-electron chi connectivity index (χ4n) is 7.02. The molecule has 0 bridgehead atoms. The molecule has 0 aliphatic carbocycles. The van der Waals surface area contributed by atoms with E-state index in [1.54, 1.807) is 55.2 Å². The summed E-state index contributed by atoms with van der Waals surface area (Å²) in [7, 11) is 6.72. The predicted octanol–water partition coefficient (Wildman–Crippen LogP) is 4.59. The molecule has 2 aromatic heterocycles. The minimum atomic E-state index is -0.484. The number of anilines is 4. The minimum Gasteiger partial charge on any atom is -0.493 e. The second-order valence-corrected chi connectivity index (χ2v) is 14.6. The van der Waals surface area contributed by atoms with Crippen molar-refractivity contribution >= 4 is 73.8 Å². The maximum Gasteiger partial charge on any atom is 0.319 e. The second kappa shape index (κ2) is 16.0. The minimum absolute atomic E-state index is 0.0118. The summed E-state index contributed by atoms with van der Waals surface area (Å²) in [4.78, 5) is 68.3. The van der Waals surface area contributed by atoms with E-state index in [0.29, 0.717) is 45.6 Å². The average Bonchev–Trinajstić information content (AvgIpc) is 3.88. The normalized spacial score (nSPS) is 14.3. The van der Waals surface area contributed by atoms with Crippen LogP contribution in [0, 0.1) is 0 Å². The molecular formula is C40H42N8O7S. The standard InChI is InChI=1S/C40H42N8O7S/c1-41-36(49)11-12-42-38(51)35-17-24-15-25(9-10-34(24)56-35)44-37(50)31-18-26(21-46(31)2)45-40(53)43-13-14-55-33-20-30-28(19-32(33)54-4)39(52)48-27(22-47(30)3)16-23-7-5-6-8-29(23)48/h5-10,15,17-21,27H,11-14,16,22H2,1-4H3,(H,41,49)(H,42,51)(H,44,50)(H2,43,45,53)/t27-/m0/s1. The number of nitrogens with zero attached hydrogens (tertiary/aromatic N) is 3. The Morgan fingerprint density at radius 3 is 2.50 bits per heavy atom. The third-order valence-electron chi connectivity index (χ3n) is 9.75. The van der Waals surface area contributed by atoms with E-state index in [0.717, 1.165) is 33.4 Å². The van der Waals surface area contributed by atoms with Gasteiger partial charge in [-0.3, -0.25) is 19.2 Å². The number of benzene rings is 3. The van der Waals surface area contributed by atoms with Crippen LogP contribution in [0.5, 0.6) is 11.5 Å². The van der Waals surface area contributed by atoms with E-state index in [-0.39, 0.29) is 55.8 Å². The van der Waals surface area contributed by atoms with Gasteiger partial charge in [0.2, 0.25) is 5.91 Å². The zero-order valence-electron chi connectivity index (χ0n) is 31.4. The average molecular weight is 779 g/mol. The zero-order valence-corrected chi connectivity index (χ0v) is 32.2. The van der Waals surface area contributed by atoms with Crippen LogP contribution in [0.2, 0.25) is 0 Å². The molecule has 0 saturated carbocycles. The van der Waals surface area contributed by atoms with E-state index in [1.807, 2.05) is 42.3 Å². The van der Waals surface area contributed by atoms with Crippen LogP contribution in [-0.2, 0) is 18.3 Å². The van der Waals surface area contributed by atoms with Crippen molar-refractivity contribution in [2.45, 2.75) is 18.9 Å². The number of aromatic nitrogens is 1. The Kier molecular flexibility index (Phi) is 10.8. The van der Waals surface area contributed by atoms with Crippen LogP contribution in [0.25, 0.3) is 10.1 Å². The first-order valence-corrected chi connectivity index (χ1v) is 18.9. The molecule has 15 nitrogen and oxygen atoms in total. The van der Waals surface area contributed by atoms with Gasteiger partial charge in [-0.15, -0.1) is 11.3 Å². The van der Waals surface area contributed by atoms with Gasteiger partial charge in [0, 0.05) is 69.0 Å². The van der Waals surface area contributed by atoms with E-state index in [9.17, 15) is 24.0 Å². The molecule has 0 spiro atoms. The molecular weight excluding hydrogens is 737 g/mol. The van der Waals surface area contributed by atoms with E-state index in [1.165, 1.54) is 18.4 Å². The topological polar surface area (TPSA) is 175 Å². The van der Waals surface area contributed by atoms with Gasteiger partial charge in [-0.1, -0.05) is 18.2 Å². The van der Waals surface area contributed by atoms with Crippen molar-refractivity contribution in [1.82, 2.24) is 20.5 Å². The number of amides is 6. The first kappa shape index (κ1) is 37.8. The van der Waals surface area contributed by atoms with Gasteiger partial charge in [0.05, 0.1) is 41.5 Å². The monoisotopic (exact) mass is 778 g/mol. The summed E-state index contributed by atoms with van der Waals surface area (Å²) in [6.45, 7) is 1.17. The van der Waals surface area contributed by atoms with Crippen LogP contribution in [0.4, 0.5) is 27.5 Å². The molecule has 2 aliphatic rings. The fraction of sp³-hybridized carbons (Fsp3) is 0.275. The SMILES string of the molecule is CNC(=O)CCNC(=O)c1cc2cc(NC(=O)c3cc(NC(=O)NCCOc4cc5c(cc4OC)C(=O)N4c6ccccc6C[C@H]4CN5C)cn3C)ccc2s1. The number of methoxy groups -OCH3 is 1. The molecule has 0 radical (unpaired) electrons. The fourth-order valence-corrected chi connectivity index (χ4v) is 7.98. The Labute approximate surface area is 326 Å². The Bertz CT molecular complexity index is 2350. The molecule has 5 aromatic rings. The Balaban J connectivity index is 0.917. The smallest absolute Gasteiger partial charge is 0.319 e. The molecule has 16 heteroatoms. The van der Waals surface area contributed by atoms with Crippen LogP contribution in [0.15, 0.2) is 72.9 Å². The highest BCUT2D eigenvalue weighted by Gasteiger charge is 2.39. The number of hydrogen-bond acceptors (Lipinski definition) is 9. The number of nitrogens with one attached hydrogen (secondary N) is 5. The molecule has 1 atom stereocenters. The molecule has 56 heavy (non-hydrogen) atoms. The van der Waals surface area contributed by atoms with Crippen LogP contribution < -0.4 is 45.9 Å². The number of fused-ring (bicyclic) bond motifs is 5. The van der Waals surface area contributed by atoms with Crippen LogP contribution in [0.1, 0.15) is 42.5 Å². The second-order valence-electron chi connectivity index (χ2n) is 13.5. The molecule has 6 amide bonds. The summed E-state index contributed by atoms with van der Waals surface area (Å²) in [5, 5.41) is 14.4. The summed E-state index contributed by atoms with van der Waals surface area (Å²) in [6, 6.07) is 19.7. The number of carbonyl (C=O) groups is 5. The Morgan fingerprint density at radius 1 is 0.875 bits per heavy atom. The number of ether oxygens (including phenoxy) is 2. The number of hydrogen-bond donors (Lipinski definition) is 5. The molecule has 0 fully saturated rings. The quantitative estimate of drug-likeness (QED) is 0.114. The van der Waals surface area contributed by atoms with Gasteiger partial charge in [0.15, 0.2) is 11.5 Å². The largest absolute Gasteiger partial charge is 0.493 e. The first-order valence-electron chi connectivity index (χ1n) is 18.0. The van der Waals surface area contributed by atoms with Gasteiger partial charge < -0.3 is 50.4 Å². The number of aryl methyl sites for hydroxylation is 1. The van der Waals surface area contributed by atoms with Gasteiger partial charge in [-0.2, -0.15) is 0 Å². The molecule has 2 aliphatic heterocycles. The van der Waals surface area contributed by atoms with Crippen LogP contribution in [-0.4, -0.2) is 87.7 Å². The Morgan fingerprint density at radius 2 is 1.70 bits per heavy atom. The summed E-state index contributed by atoms with van der Waals surface area (Å²) in [5.74, 6) is -0.0391. The summed E-state index contributed by atoms with van der Waals surface area (Å²) < 4.78 is 14.1. The first-order chi connectivity index (χ1) is 27.0. The van der Waals surface area contributed by atoms with E-state index < -0.39 is 6.03 Å². The van der Waals surface area contributed by atoms with Crippen molar-refractivity contribution in [2.24, 2.45) is 7.05 Å². The van der Waals surface area contributed by atoms with E-state index in [4.69, 9.17) is 9.47 Å². The van der Waals surface area contributed by atoms with Gasteiger partial charge in [-0.25, -0.2) is 4.79 Å². The highest BCUT2D eigenvalue weighted by Crippen LogP contribution is 2.42. The van der Waals surface area contributed by atoms with Crippen molar-refractivity contribution in [1.29, 1.82) is 0 Å². The number of carbonyl (C=O) groups excluding carboxylic acids is 5. The number of likely N-dealkylation sites (N-methyl/N-ethyl adjacent to an activating group) is 1. The van der Waals surface area contributed by atoms with E-state index in [2.05, 4.69) is 37.6 Å². The molecule has 0 unspecified atom stereocenters. The number of urea groups is 1. The summed E-state index contributed by atoms with van der Waals surface area (Å²) in [5.41, 5.74) is 4.63. The highest BCUT2D eigenvalue weighted by atomic mass is 32.1. The number of rotatable bonds is 12. The zero-order chi connectivity index (χ0) is 39.5. The number of para-hydroxylation sites is 1. The van der Waals surface area contributed by atoms with Crippen molar-refractivity contribution in [3.05, 3.63) is 94.6 Å². The summed E-state index contributed by atoms with van der Waals surface area (Å²) >= 11 is 1.32. The molecule has 5 N–H and O–H groups in total. The lowest BCUT2D eigenvalue weighted by molar-refractivity contribution is -0.120. The van der Waals surface area contributed by atoms with Crippen molar-refractivity contribution in [3.8, 4) is 11.5 Å². The lowest BCUT2D eigenvalue weighted by atomic mass is 10.1. The molecule has 290 valence electrons. The maximum absolute atomic E-state index is 13.8. The van der Waals surface area contributed by atoms with Crippen LogP contribution >= 0.6 is 11.3 Å². The molecule has 0 saturated heterocycles. The lowest BCUT2D eigenvalue weighted by Crippen LogP contribution is -2.41. The number of thiophene rings is 1. The van der Waals surface area contributed by atoms with E-state index >= 15 is 0 Å². The molecule has 4 heterocycles.